The zero-order chi connectivity index (χ0) is 12.1. The lowest BCUT2D eigenvalue weighted by Gasteiger charge is -2.10. The number of rotatable bonds is 5. The van der Waals surface area contributed by atoms with Gasteiger partial charge in [-0.3, -0.25) is 0 Å². The first-order chi connectivity index (χ1) is 8.25. The smallest absolute Gasteiger partial charge is 0.134 e. The standard InChI is InChI=1S/C13H18ClNO2/c14-12-8-10(3-4-13(12)16)9-15-6-5-11-2-1-7-17-11/h3-4,8,11,15-16H,1-2,5-7,9H2. The monoisotopic (exact) mass is 255 g/mol. The van der Waals surface area contributed by atoms with E-state index in [-0.39, 0.29) is 5.75 Å². The maximum absolute atomic E-state index is 9.29. The van der Waals surface area contributed by atoms with E-state index in [9.17, 15) is 5.11 Å². The molecule has 1 saturated heterocycles. The van der Waals surface area contributed by atoms with Gasteiger partial charge in [-0.1, -0.05) is 17.7 Å². The molecule has 1 fully saturated rings. The van der Waals surface area contributed by atoms with Gasteiger partial charge in [0, 0.05) is 13.2 Å². The average Bonchev–Trinajstić information content (AvgIpc) is 2.82. The van der Waals surface area contributed by atoms with Crippen LogP contribution in [0.15, 0.2) is 18.2 Å². The van der Waals surface area contributed by atoms with Crippen LogP contribution in [0, 0.1) is 0 Å². The van der Waals surface area contributed by atoms with Gasteiger partial charge in [-0.25, -0.2) is 0 Å². The molecule has 0 spiro atoms. The van der Waals surface area contributed by atoms with E-state index in [1.165, 1.54) is 12.8 Å². The third kappa shape index (κ3) is 3.87. The van der Waals surface area contributed by atoms with Gasteiger partial charge in [-0.2, -0.15) is 0 Å². The van der Waals surface area contributed by atoms with Gasteiger partial charge in [0.15, 0.2) is 0 Å². The summed E-state index contributed by atoms with van der Waals surface area (Å²) in [6, 6.07) is 5.29. The van der Waals surface area contributed by atoms with Crippen molar-refractivity contribution in [2.24, 2.45) is 0 Å². The molecule has 0 bridgehead atoms. The summed E-state index contributed by atoms with van der Waals surface area (Å²) in [6.45, 7) is 2.63. The van der Waals surface area contributed by atoms with E-state index in [2.05, 4.69) is 5.32 Å². The highest BCUT2D eigenvalue weighted by atomic mass is 35.5. The van der Waals surface area contributed by atoms with E-state index < -0.39 is 0 Å². The maximum atomic E-state index is 9.29. The molecular weight excluding hydrogens is 238 g/mol. The van der Waals surface area contributed by atoms with Crippen molar-refractivity contribution in [2.75, 3.05) is 13.2 Å². The van der Waals surface area contributed by atoms with Crippen LogP contribution < -0.4 is 5.32 Å². The molecule has 0 saturated carbocycles. The molecule has 1 aliphatic heterocycles. The topological polar surface area (TPSA) is 41.5 Å². The van der Waals surface area contributed by atoms with Crippen LogP contribution in [0.2, 0.25) is 5.02 Å². The predicted octanol–water partition coefficient (Wildman–Crippen LogP) is 2.70. The zero-order valence-corrected chi connectivity index (χ0v) is 10.5. The summed E-state index contributed by atoms with van der Waals surface area (Å²) in [5, 5.41) is 13.1. The van der Waals surface area contributed by atoms with E-state index in [1.807, 2.05) is 6.07 Å². The number of hydrogen-bond donors (Lipinski definition) is 2. The van der Waals surface area contributed by atoms with Crippen LogP contribution >= 0.6 is 11.6 Å². The third-order valence-corrected chi connectivity index (χ3v) is 3.31. The first kappa shape index (κ1) is 12.7. The summed E-state index contributed by atoms with van der Waals surface area (Å²) in [5.74, 6) is 0.134. The van der Waals surface area contributed by atoms with Crippen LogP contribution in [0.4, 0.5) is 0 Å². The molecule has 0 aliphatic carbocycles. The van der Waals surface area contributed by atoms with Crippen molar-refractivity contribution in [3.63, 3.8) is 0 Å². The summed E-state index contributed by atoms with van der Waals surface area (Å²) >= 11 is 5.83. The molecule has 1 aromatic carbocycles. The molecule has 94 valence electrons. The number of nitrogens with one attached hydrogen (secondary N) is 1. The molecule has 2 N–H and O–H groups in total. The summed E-state index contributed by atoms with van der Waals surface area (Å²) in [6.07, 6.45) is 3.88. The van der Waals surface area contributed by atoms with Gasteiger partial charge in [0.25, 0.3) is 0 Å². The SMILES string of the molecule is Oc1ccc(CNCCC2CCCO2)cc1Cl. The third-order valence-electron chi connectivity index (χ3n) is 3.01. The van der Waals surface area contributed by atoms with Crippen molar-refractivity contribution < 1.29 is 9.84 Å². The molecule has 1 heterocycles. The van der Waals surface area contributed by atoms with E-state index in [4.69, 9.17) is 16.3 Å². The number of hydrogen-bond acceptors (Lipinski definition) is 3. The van der Waals surface area contributed by atoms with Crippen LogP contribution in [0.1, 0.15) is 24.8 Å². The predicted molar refractivity (Wildman–Crippen MR) is 68.4 cm³/mol. The Morgan fingerprint density at radius 1 is 1.47 bits per heavy atom. The number of phenols is 1. The van der Waals surface area contributed by atoms with Gasteiger partial charge in [0.1, 0.15) is 5.75 Å². The van der Waals surface area contributed by atoms with Gasteiger partial charge in [0.2, 0.25) is 0 Å². The lowest BCUT2D eigenvalue weighted by molar-refractivity contribution is 0.104. The van der Waals surface area contributed by atoms with Crippen molar-refractivity contribution >= 4 is 11.6 Å². The van der Waals surface area contributed by atoms with Crippen LogP contribution in [-0.2, 0) is 11.3 Å². The van der Waals surface area contributed by atoms with Crippen molar-refractivity contribution in [2.45, 2.75) is 31.9 Å². The van der Waals surface area contributed by atoms with Crippen molar-refractivity contribution in [3.05, 3.63) is 28.8 Å². The second kappa shape index (κ2) is 6.24. The largest absolute Gasteiger partial charge is 0.506 e. The Morgan fingerprint density at radius 3 is 3.06 bits per heavy atom. The molecular formula is C13H18ClNO2. The first-order valence-corrected chi connectivity index (χ1v) is 6.43. The Kier molecular flexibility index (Phi) is 4.66. The van der Waals surface area contributed by atoms with E-state index in [0.717, 1.165) is 31.7 Å². The van der Waals surface area contributed by atoms with Gasteiger partial charge in [0.05, 0.1) is 11.1 Å². The van der Waals surface area contributed by atoms with Crippen molar-refractivity contribution in [1.29, 1.82) is 0 Å². The Hall–Kier alpha value is -0.770. The fourth-order valence-corrected chi connectivity index (χ4v) is 2.23. The van der Waals surface area contributed by atoms with Crippen LogP contribution in [0.25, 0.3) is 0 Å². The second-order valence-electron chi connectivity index (χ2n) is 4.39. The van der Waals surface area contributed by atoms with E-state index in [1.54, 1.807) is 12.1 Å². The molecule has 0 aromatic heterocycles. The van der Waals surface area contributed by atoms with Crippen LogP contribution in [-0.4, -0.2) is 24.4 Å². The summed E-state index contributed by atoms with van der Waals surface area (Å²) in [5.41, 5.74) is 1.08. The quantitative estimate of drug-likeness (QED) is 0.795. The molecule has 1 aromatic rings. The van der Waals surface area contributed by atoms with Gasteiger partial charge in [-0.15, -0.1) is 0 Å². The zero-order valence-electron chi connectivity index (χ0n) is 9.79. The van der Waals surface area contributed by atoms with Gasteiger partial charge in [-0.05, 0) is 43.5 Å². The minimum Gasteiger partial charge on any atom is -0.506 e. The normalized spacial score (nSPS) is 19.7. The fourth-order valence-electron chi connectivity index (χ4n) is 2.03. The Balaban J connectivity index is 1.68. The first-order valence-electron chi connectivity index (χ1n) is 6.05. The van der Waals surface area contributed by atoms with E-state index >= 15 is 0 Å². The highest BCUT2D eigenvalue weighted by Crippen LogP contribution is 2.23. The van der Waals surface area contributed by atoms with Gasteiger partial charge >= 0.3 is 0 Å². The van der Waals surface area contributed by atoms with Gasteiger partial charge < -0.3 is 15.2 Å². The number of benzene rings is 1. The van der Waals surface area contributed by atoms with Crippen molar-refractivity contribution in [1.82, 2.24) is 5.32 Å². The Bertz CT molecular complexity index is 364. The number of phenolic OH excluding ortho intramolecular Hbond substituents is 1. The molecule has 0 amide bonds. The average molecular weight is 256 g/mol. The minimum absolute atomic E-state index is 0.134. The molecule has 4 heteroatoms. The summed E-state index contributed by atoms with van der Waals surface area (Å²) in [7, 11) is 0. The van der Waals surface area contributed by atoms with E-state index in [0.29, 0.717) is 11.1 Å². The minimum atomic E-state index is 0.134. The number of ether oxygens (including phenoxy) is 1. The maximum Gasteiger partial charge on any atom is 0.134 e. The Labute approximate surface area is 107 Å². The highest BCUT2D eigenvalue weighted by molar-refractivity contribution is 6.32. The molecule has 3 nitrogen and oxygen atoms in total. The summed E-state index contributed by atoms with van der Waals surface area (Å²) < 4.78 is 5.55. The number of halogens is 1. The lowest BCUT2D eigenvalue weighted by atomic mass is 10.2. The lowest BCUT2D eigenvalue weighted by Crippen LogP contribution is -2.19. The molecule has 1 atom stereocenters. The molecule has 1 unspecified atom stereocenters. The fraction of sp³-hybridized carbons (Fsp3) is 0.538. The molecule has 17 heavy (non-hydrogen) atoms. The highest BCUT2D eigenvalue weighted by Gasteiger charge is 2.14. The molecule has 0 radical (unpaired) electrons. The molecule has 2 rings (SSSR count). The number of aromatic hydroxyl groups is 1. The van der Waals surface area contributed by atoms with Crippen LogP contribution in [0.5, 0.6) is 5.75 Å². The second-order valence-corrected chi connectivity index (χ2v) is 4.79. The summed E-state index contributed by atoms with van der Waals surface area (Å²) in [4.78, 5) is 0. The Morgan fingerprint density at radius 2 is 2.35 bits per heavy atom. The molecule has 1 aliphatic rings. The van der Waals surface area contributed by atoms with Crippen LogP contribution in [0.3, 0.4) is 0 Å². The van der Waals surface area contributed by atoms with Crippen molar-refractivity contribution in [3.8, 4) is 5.75 Å².